The number of amides is 2. The lowest BCUT2D eigenvalue weighted by molar-refractivity contribution is 0.0949. The van der Waals surface area contributed by atoms with E-state index >= 15 is 0 Å². The van der Waals surface area contributed by atoms with Crippen molar-refractivity contribution in [2.24, 2.45) is 0 Å². The molecule has 0 aromatic heterocycles. The average molecular weight is 408 g/mol. The number of nitrogens with zero attached hydrogens (tertiary/aromatic N) is 1. The number of benzene rings is 2. The van der Waals surface area contributed by atoms with Gasteiger partial charge in [-0.3, -0.25) is 9.59 Å². The summed E-state index contributed by atoms with van der Waals surface area (Å²) in [5, 5.41) is 9.34. The van der Waals surface area contributed by atoms with Gasteiger partial charge in [0.1, 0.15) is 0 Å². The number of nitrogens with one attached hydrogen (secondary N) is 3. The number of nitrogen functional groups attached to an aromatic ring is 1. The largest absolute Gasteiger partial charge is 0.398 e. The second-order valence-corrected chi connectivity index (χ2v) is 8.30. The van der Waals surface area contributed by atoms with Crippen LogP contribution in [-0.2, 0) is 0 Å². The number of hydrogen-bond donors (Lipinski definition) is 4. The molecular formula is C23H29N5O2. The maximum absolute atomic E-state index is 13.0. The smallest absolute Gasteiger partial charge is 0.257 e. The van der Waals surface area contributed by atoms with Gasteiger partial charge >= 0.3 is 0 Å². The average Bonchev–Trinajstić information content (AvgIpc) is 3.54. The molecule has 0 spiro atoms. The van der Waals surface area contributed by atoms with Crippen molar-refractivity contribution in [2.75, 3.05) is 35.6 Å². The molecule has 2 aliphatic rings. The van der Waals surface area contributed by atoms with E-state index in [-0.39, 0.29) is 17.9 Å². The van der Waals surface area contributed by atoms with Crippen LogP contribution in [0.3, 0.4) is 0 Å². The Morgan fingerprint density at radius 1 is 1.13 bits per heavy atom. The molecule has 1 aliphatic carbocycles. The minimum absolute atomic E-state index is 0.109. The number of aryl methyl sites for hydroxylation is 1. The van der Waals surface area contributed by atoms with E-state index < -0.39 is 0 Å². The lowest BCUT2D eigenvalue weighted by Gasteiger charge is -2.34. The third-order valence-corrected chi connectivity index (χ3v) is 5.68. The highest BCUT2D eigenvalue weighted by molar-refractivity contribution is 6.09. The van der Waals surface area contributed by atoms with E-state index in [9.17, 15) is 9.59 Å². The Labute approximate surface area is 177 Å². The van der Waals surface area contributed by atoms with Gasteiger partial charge in [0.05, 0.1) is 5.56 Å². The molecule has 4 rings (SSSR count). The molecule has 158 valence electrons. The quantitative estimate of drug-likeness (QED) is 0.571. The highest BCUT2D eigenvalue weighted by atomic mass is 16.2. The maximum Gasteiger partial charge on any atom is 0.257 e. The third-order valence-electron chi connectivity index (χ3n) is 5.68. The molecule has 2 fully saturated rings. The molecule has 0 bridgehead atoms. The van der Waals surface area contributed by atoms with Crippen molar-refractivity contribution in [3.05, 3.63) is 53.1 Å². The summed E-state index contributed by atoms with van der Waals surface area (Å²) in [7, 11) is 0. The fraction of sp³-hybridized carbons (Fsp3) is 0.391. The Balaban J connectivity index is 1.53. The molecule has 30 heavy (non-hydrogen) atoms. The normalized spacial score (nSPS) is 18.7. The molecule has 0 unspecified atom stereocenters. The Bertz CT molecular complexity index is 970. The zero-order valence-corrected chi connectivity index (χ0v) is 17.5. The van der Waals surface area contributed by atoms with Gasteiger partial charge < -0.3 is 26.6 Å². The second kappa shape index (κ2) is 8.36. The van der Waals surface area contributed by atoms with Gasteiger partial charge in [0.15, 0.2) is 0 Å². The van der Waals surface area contributed by atoms with E-state index in [1.54, 1.807) is 18.2 Å². The van der Waals surface area contributed by atoms with Crippen LogP contribution in [0.2, 0.25) is 0 Å². The molecular weight excluding hydrogens is 378 g/mol. The van der Waals surface area contributed by atoms with Crippen LogP contribution in [0, 0.1) is 6.92 Å². The Kier molecular flexibility index (Phi) is 5.63. The third kappa shape index (κ3) is 4.57. The van der Waals surface area contributed by atoms with Crippen molar-refractivity contribution in [2.45, 2.75) is 38.8 Å². The van der Waals surface area contributed by atoms with Crippen molar-refractivity contribution in [3.63, 3.8) is 0 Å². The first-order valence-corrected chi connectivity index (χ1v) is 10.5. The van der Waals surface area contributed by atoms with E-state index in [1.165, 1.54) is 0 Å². The summed E-state index contributed by atoms with van der Waals surface area (Å²) in [6.07, 6.45) is 2.06. The second-order valence-electron chi connectivity index (χ2n) is 8.30. The van der Waals surface area contributed by atoms with Crippen molar-refractivity contribution in [3.8, 4) is 0 Å². The number of anilines is 3. The van der Waals surface area contributed by atoms with Gasteiger partial charge in [0.2, 0.25) is 0 Å². The molecule has 5 N–H and O–H groups in total. The van der Waals surface area contributed by atoms with Crippen LogP contribution in [-0.4, -0.2) is 43.5 Å². The highest BCUT2D eigenvalue weighted by Crippen LogP contribution is 2.25. The fourth-order valence-electron chi connectivity index (χ4n) is 3.69. The van der Waals surface area contributed by atoms with Crippen molar-refractivity contribution < 1.29 is 9.59 Å². The van der Waals surface area contributed by atoms with Crippen LogP contribution in [0.5, 0.6) is 0 Å². The summed E-state index contributed by atoms with van der Waals surface area (Å²) in [6.45, 7) is 6.71. The molecule has 1 aliphatic heterocycles. The van der Waals surface area contributed by atoms with E-state index in [0.717, 1.165) is 43.7 Å². The Morgan fingerprint density at radius 3 is 2.67 bits per heavy atom. The van der Waals surface area contributed by atoms with E-state index in [0.29, 0.717) is 28.5 Å². The zero-order valence-electron chi connectivity index (χ0n) is 17.5. The van der Waals surface area contributed by atoms with Gasteiger partial charge in [0.25, 0.3) is 11.8 Å². The van der Waals surface area contributed by atoms with Crippen LogP contribution in [0.25, 0.3) is 0 Å². The van der Waals surface area contributed by atoms with Gasteiger partial charge in [-0.05, 0) is 62.6 Å². The van der Waals surface area contributed by atoms with Crippen LogP contribution < -0.4 is 26.6 Å². The van der Waals surface area contributed by atoms with Crippen LogP contribution >= 0.6 is 0 Å². The van der Waals surface area contributed by atoms with E-state index in [4.69, 9.17) is 5.73 Å². The number of piperazine rings is 1. The number of carbonyl (C=O) groups is 2. The first-order valence-electron chi connectivity index (χ1n) is 10.5. The molecule has 2 amide bonds. The van der Waals surface area contributed by atoms with E-state index in [1.807, 2.05) is 25.1 Å². The molecule has 7 nitrogen and oxygen atoms in total. The van der Waals surface area contributed by atoms with Crippen molar-refractivity contribution in [1.82, 2.24) is 10.6 Å². The summed E-state index contributed by atoms with van der Waals surface area (Å²) < 4.78 is 0. The summed E-state index contributed by atoms with van der Waals surface area (Å²) in [4.78, 5) is 27.6. The minimum Gasteiger partial charge on any atom is -0.398 e. The zero-order chi connectivity index (χ0) is 21.3. The monoisotopic (exact) mass is 407 g/mol. The predicted octanol–water partition coefficient (Wildman–Crippen LogP) is 2.52. The molecule has 7 heteroatoms. The number of carbonyl (C=O) groups excluding carboxylic acids is 2. The molecule has 1 saturated heterocycles. The number of hydrogen-bond acceptors (Lipinski definition) is 5. The van der Waals surface area contributed by atoms with Crippen LogP contribution in [0.15, 0.2) is 36.4 Å². The molecule has 2 aromatic rings. The molecule has 1 atom stereocenters. The highest BCUT2D eigenvalue weighted by Gasteiger charge is 2.24. The fourth-order valence-corrected chi connectivity index (χ4v) is 3.69. The van der Waals surface area contributed by atoms with Gasteiger partial charge in [-0.15, -0.1) is 0 Å². The van der Waals surface area contributed by atoms with Gasteiger partial charge in [-0.25, -0.2) is 0 Å². The first kappa shape index (κ1) is 20.2. The Hall–Kier alpha value is -3.06. The first-order chi connectivity index (χ1) is 14.4. The van der Waals surface area contributed by atoms with Crippen LogP contribution in [0.1, 0.15) is 46.0 Å². The molecule has 1 heterocycles. The summed E-state index contributed by atoms with van der Waals surface area (Å²) >= 11 is 0. The number of nitrogens with two attached hydrogens (primary N) is 1. The minimum atomic E-state index is -0.277. The standard InChI is InChI=1S/C23H29N5O2/c1-14-3-4-16(22(29)26-17-5-6-17)11-21(14)27-23(30)19-12-18(7-8-20(19)24)28-10-9-25-15(2)13-28/h3-4,7-8,11-12,15,17,25H,5-6,9-10,13,24H2,1-2H3,(H,26,29)(H,27,30)/t15-/m1/s1. The van der Waals surface area contributed by atoms with Crippen molar-refractivity contribution >= 4 is 28.9 Å². The maximum atomic E-state index is 13.0. The SMILES string of the molecule is Cc1ccc(C(=O)NC2CC2)cc1NC(=O)c1cc(N2CCN[C@H](C)C2)ccc1N. The summed E-state index contributed by atoms with van der Waals surface area (Å²) in [5.74, 6) is -0.386. The predicted molar refractivity (Wildman–Crippen MR) is 120 cm³/mol. The van der Waals surface area contributed by atoms with Gasteiger partial charge in [-0.1, -0.05) is 6.07 Å². The van der Waals surface area contributed by atoms with Gasteiger partial charge in [-0.2, -0.15) is 0 Å². The van der Waals surface area contributed by atoms with Crippen LogP contribution in [0.4, 0.5) is 17.1 Å². The topological polar surface area (TPSA) is 99.5 Å². The lowest BCUT2D eigenvalue weighted by Crippen LogP contribution is -2.49. The molecule has 2 aromatic carbocycles. The summed E-state index contributed by atoms with van der Waals surface area (Å²) in [6, 6.07) is 11.6. The van der Waals surface area contributed by atoms with Crippen molar-refractivity contribution in [1.29, 1.82) is 0 Å². The summed E-state index contributed by atoms with van der Waals surface area (Å²) in [5.41, 5.74) is 10.0. The molecule has 1 saturated carbocycles. The van der Waals surface area contributed by atoms with Gasteiger partial charge in [0, 0.05) is 54.3 Å². The van der Waals surface area contributed by atoms with E-state index in [2.05, 4.69) is 27.8 Å². The lowest BCUT2D eigenvalue weighted by atomic mass is 10.1. The molecule has 0 radical (unpaired) electrons. The Morgan fingerprint density at radius 2 is 1.93 bits per heavy atom. The number of rotatable bonds is 5.